The molecular formula is C26H28FN3O3S. The van der Waals surface area contributed by atoms with Crippen LogP contribution in [0.5, 0.6) is 0 Å². The number of halogens is 1. The van der Waals surface area contributed by atoms with Crippen LogP contribution in [-0.4, -0.2) is 57.1 Å². The van der Waals surface area contributed by atoms with Gasteiger partial charge in [0.05, 0.1) is 17.4 Å². The third-order valence-electron chi connectivity index (χ3n) is 6.01. The first kappa shape index (κ1) is 23.9. The summed E-state index contributed by atoms with van der Waals surface area (Å²) in [5.74, 6) is -1.26. The molecule has 178 valence electrons. The van der Waals surface area contributed by atoms with Crippen LogP contribution in [0.25, 0.3) is 0 Å². The molecule has 1 N–H and O–H groups in total. The molecule has 1 saturated heterocycles. The van der Waals surface area contributed by atoms with Crippen LogP contribution in [0.15, 0.2) is 84.9 Å². The smallest absolute Gasteiger partial charge is 0.232 e. The quantitative estimate of drug-likeness (QED) is 0.536. The summed E-state index contributed by atoms with van der Waals surface area (Å²) in [5.41, 5.74) is 2.18. The predicted molar refractivity (Wildman–Crippen MR) is 132 cm³/mol. The van der Waals surface area contributed by atoms with Crippen LogP contribution in [0, 0.1) is 5.82 Å². The van der Waals surface area contributed by atoms with Crippen LogP contribution in [0.4, 0.5) is 10.1 Å². The number of amides is 1. The molecule has 0 saturated carbocycles. The van der Waals surface area contributed by atoms with E-state index in [0.29, 0.717) is 18.8 Å². The lowest BCUT2D eigenvalue weighted by Crippen LogP contribution is -2.50. The van der Waals surface area contributed by atoms with Crippen LogP contribution >= 0.6 is 0 Å². The number of rotatable bonds is 8. The maximum absolute atomic E-state index is 14.0. The third-order valence-corrected chi connectivity index (χ3v) is 7.88. The highest BCUT2D eigenvalue weighted by Gasteiger charge is 2.28. The summed E-state index contributed by atoms with van der Waals surface area (Å²) in [6, 6.07) is 25.4. The highest BCUT2D eigenvalue weighted by Crippen LogP contribution is 2.25. The molecule has 1 heterocycles. The fraction of sp³-hybridized carbons (Fsp3) is 0.269. The molecule has 3 aromatic carbocycles. The molecule has 1 fully saturated rings. The molecular weight excluding hydrogens is 453 g/mol. The van der Waals surface area contributed by atoms with E-state index in [1.807, 2.05) is 65.6 Å². The zero-order valence-electron chi connectivity index (χ0n) is 18.8. The van der Waals surface area contributed by atoms with E-state index in [1.54, 1.807) is 18.2 Å². The van der Waals surface area contributed by atoms with E-state index >= 15 is 0 Å². The number of nitrogens with one attached hydrogen (secondary N) is 1. The Kier molecular flexibility index (Phi) is 7.59. The molecule has 6 nitrogen and oxygen atoms in total. The van der Waals surface area contributed by atoms with Crippen molar-refractivity contribution in [3.8, 4) is 0 Å². The van der Waals surface area contributed by atoms with Gasteiger partial charge in [0.25, 0.3) is 0 Å². The summed E-state index contributed by atoms with van der Waals surface area (Å²) in [6.45, 7) is 1.40. The number of sulfonamides is 1. The van der Waals surface area contributed by atoms with Crippen molar-refractivity contribution in [1.82, 2.24) is 9.62 Å². The maximum Gasteiger partial charge on any atom is 0.232 e. The maximum atomic E-state index is 14.0. The van der Waals surface area contributed by atoms with Gasteiger partial charge in [0.2, 0.25) is 15.9 Å². The Labute approximate surface area is 200 Å². The van der Waals surface area contributed by atoms with E-state index in [9.17, 15) is 17.6 Å². The lowest BCUT2D eigenvalue weighted by atomic mass is 9.90. The zero-order chi connectivity index (χ0) is 24.0. The van der Waals surface area contributed by atoms with E-state index in [1.165, 1.54) is 10.4 Å². The predicted octanol–water partition coefficient (Wildman–Crippen LogP) is 3.23. The number of benzene rings is 3. The first-order valence-corrected chi connectivity index (χ1v) is 12.9. The normalized spacial score (nSPS) is 14.8. The molecule has 0 unspecified atom stereocenters. The zero-order valence-corrected chi connectivity index (χ0v) is 19.6. The lowest BCUT2D eigenvalue weighted by Gasteiger charge is -2.35. The number of para-hydroxylation sites is 1. The van der Waals surface area contributed by atoms with Gasteiger partial charge in [-0.1, -0.05) is 72.8 Å². The number of hydrogen-bond acceptors (Lipinski definition) is 4. The summed E-state index contributed by atoms with van der Waals surface area (Å²) < 4.78 is 41.2. The standard InChI is InChI=1S/C26H28FN3O3S/c27-23-13-7-8-14-24(23)29-16-18-30(19-17-29)34(32,33)20-15-28-26(31)25(21-9-3-1-4-10-21)22-11-5-2-6-12-22/h1-14,25H,15-20H2,(H,28,31). The molecule has 34 heavy (non-hydrogen) atoms. The Balaban J connectivity index is 1.35. The van der Waals surface area contributed by atoms with Crippen LogP contribution in [0.1, 0.15) is 17.0 Å². The average molecular weight is 482 g/mol. The van der Waals surface area contributed by atoms with Crippen molar-refractivity contribution in [2.75, 3.05) is 43.4 Å². The Morgan fingerprint density at radius 2 is 1.35 bits per heavy atom. The number of nitrogens with zero attached hydrogens (tertiary/aromatic N) is 2. The first-order chi connectivity index (χ1) is 16.5. The van der Waals surface area contributed by atoms with E-state index in [2.05, 4.69) is 5.32 Å². The second-order valence-corrected chi connectivity index (χ2v) is 10.3. The molecule has 0 spiro atoms. The number of piperazine rings is 1. The summed E-state index contributed by atoms with van der Waals surface area (Å²) >= 11 is 0. The summed E-state index contributed by atoms with van der Waals surface area (Å²) in [4.78, 5) is 14.9. The Bertz CT molecular complexity index is 1160. The van der Waals surface area contributed by atoms with Gasteiger partial charge in [-0.3, -0.25) is 4.79 Å². The van der Waals surface area contributed by atoms with Crippen molar-refractivity contribution >= 4 is 21.6 Å². The SMILES string of the molecule is O=C(NCCS(=O)(=O)N1CCN(c2ccccc2F)CC1)C(c1ccccc1)c1ccccc1. The molecule has 0 aliphatic carbocycles. The van der Waals surface area contributed by atoms with Gasteiger partial charge < -0.3 is 10.2 Å². The Hall–Kier alpha value is -3.23. The first-order valence-electron chi connectivity index (χ1n) is 11.3. The molecule has 1 aliphatic rings. The molecule has 0 bridgehead atoms. The van der Waals surface area contributed by atoms with Gasteiger partial charge in [0.15, 0.2) is 0 Å². The highest BCUT2D eigenvalue weighted by atomic mass is 32.2. The van der Waals surface area contributed by atoms with Crippen molar-refractivity contribution in [1.29, 1.82) is 0 Å². The third kappa shape index (κ3) is 5.63. The molecule has 0 radical (unpaired) electrons. The Morgan fingerprint density at radius 1 is 0.824 bits per heavy atom. The summed E-state index contributed by atoms with van der Waals surface area (Å²) in [5, 5.41) is 2.81. The molecule has 1 amide bonds. The van der Waals surface area contributed by atoms with E-state index in [0.717, 1.165) is 11.1 Å². The van der Waals surface area contributed by atoms with Crippen LogP contribution in [0.2, 0.25) is 0 Å². The molecule has 1 aliphatic heterocycles. The molecule has 0 atom stereocenters. The number of hydrogen-bond donors (Lipinski definition) is 1. The van der Waals surface area contributed by atoms with Crippen LogP contribution in [0.3, 0.4) is 0 Å². The minimum Gasteiger partial charge on any atom is -0.367 e. The second-order valence-electron chi connectivity index (χ2n) is 8.20. The van der Waals surface area contributed by atoms with E-state index in [4.69, 9.17) is 0 Å². The van der Waals surface area contributed by atoms with E-state index in [-0.39, 0.29) is 37.1 Å². The van der Waals surface area contributed by atoms with Crippen molar-refractivity contribution < 1.29 is 17.6 Å². The molecule has 3 aromatic rings. The van der Waals surface area contributed by atoms with Crippen molar-refractivity contribution in [2.45, 2.75) is 5.92 Å². The number of carbonyl (C=O) groups is 1. The summed E-state index contributed by atoms with van der Waals surface area (Å²) in [7, 11) is -3.55. The van der Waals surface area contributed by atoms with Gasteiger partial charge >= 0.3 is 0 Å². The van der Waals surface area contributed by atoms with Crippen molar-refractivity contribution in [3.63, 3.8) is 0 Å². The highest BCUT2D eigenvalue weighted by molar-refractivity contribution is 7.89. The second kappa shape index (κ2) is 10.8. The summed E-state index contributed by atoms with van der Waals surface area (Å²) in [6.07, 6.45) is 0. The monoisotopic (exact) mass is 481 g/mol. The Morgan fingerprint density at radius 3 is 1.91 bits per heavy atom. The van der Waals surface area contributed by atoms with Crippen molar-refractivity contribution in [2.24, 2.45) is 0 Å². The van der Waals surface area contributed by atoms with Crippen molar-refractivity contribution in [3.05, 3.63) is 102 Å². The van der Waals surface area contributed by atoms with E-state index < -0.39 is 15.9 Å². The van der Waals surface area contributed by atoms with Gasteiger partial charge in [-0.15, -0.1) is 0 Å². The number of carbonyl (C=O) groups excluding carboxylic acids is 1. The number of anilines is 1. The molecule has 4 rings (SSSR count). The fourth-order valence-corrected chi connectivity index (χ4v) is 5.57. The van der Waals surface area contributed by atoms with Gasteiger partial charge in [0.1, 0.15) is 5.82 Å². The minimum atomic E-state index is -3.55. The van der Waals surface area contributed by atoms with Crippen LogP contribution in [-0.2, 0) is 14.8 Å². The topological polar surface area (TPSA) is 69.7 Å². The molecule has 0 aromatic heterocycles. The van der Waals surface area contributed by atoms with Crippen LogP contribution < -0.4 is 10.2 Å². The average Bonchev–Trinajstić information content (AvgIpc) is 2.86. The van der Waals surface area contributed by atoms with Gasteiger partial charge in [0, 0.05) is 32.7 Å². The molecule has 8 heteroatoms. The van der Waals surface area contributed by atoms with Gasteiger partial charge in [-0.05, 0) is 23.3 Å². The minimum absolute atomic E-state index is 0.0187. The largest absolute Gasteiger partial charge is 0.367 e. The fourth-order valence-electron chi connectivity index (χ4n) is 4.24. The lowest BCUT2D eigenvalue weighted by molar-refractivity contribution is -0.121. The van der Waals surface area contributed by atoms with Gasteiger partial charge in [-0.25, -0.2) is 12.8 Å². The van der Waals surface area contributed by atoms with Gasteiger partial charge in [-0.2, -0.15) is 4.31 Å².